The van der Waals surface area contributed by atoms with Crippen LogP contribution < -0.4 is 11.1 Å². The molecule has 3 N–H and O–H groups in total. The Balaban J connectivity index is 2.12. The van der Waals surface area contributed by atoms with E-state index in [4.69, 9.17) is 5.73 Å². The highest BCUT2D eigenvalue weighted by Crippen LogP contribution is 2.16. The molecular formula is C15H20N4O. The van der Waals surface area contributed by atoms with Crippen molar-refractivity contribution in [3.05, 3.63) is 47.3 Å². The molecule has 1 atom stereocenters. The highest BCUT2D eigenvalue weighted by Gasteiger charge is 2.15. The standard InChI is InChI=1S/C15H20N4O/c1-4-13-9-14(19(3)18-13)15(20)17-10(2)11-6-5-7-12(16)8-11/h5-10H,4,16H2,1-3H3,(H,17,20). The van der Waals surface area contributed by atoms with Crippen molar-refractivity contribution in [1.29, 1.82) is 0 Å². The van der Waals surface area contributed by atoms with Crippen molar-refractivity contribution in [2.45, 2.75) is 26.3 Å². The van der Waals surface area contributed by atoms with Crippen LogP contribution in [0, 0.1) is 0 Å². The molecule has 5 heteroatoms. The van der Waals surface area contributed by atoms with Crippen LogP contribution in [0.5, 0.6) is 0 Å². The van der Waals surface area contributed by atoms with Crippen LogP contribution in [0.25, 0.3) is 0 Å². The molecule has 2 rings (SSSR count). The van der Waals surface area contributed by atoms with E-state index in [-0.39, 0.29) is 11.9 Å². The predicted octanol–water partition coefficient (Wildman–Crippen LogP) is 2.06. The van der Waals surface area contributed by atoms with Gasteiger partial charge in [0.2, 0.25) is 0 Å². The SMILES string of the molecule is CCc1cc(C(=O)NC(C)c2cccc(N)c2)n(C)n1. The number of nitrogens with one attached hydrogen (secondary N) is 1. The summed E-state index contributed by atoms with van der Waals surface area (Å²) in [5.41, 5.74) is 8.91. The fraction of sp³-hybridized carbons (Fsp3) is 0.333. The third-order valence-electron chi connectivity index (χ3n) is 3.28. The largest absolute Gasteiger partial charge is 0.399 e. The molecule has 0 radical (unpaired) electrons. The Bertz CT molecular complexity index is 618. The number of anilines is 1. The molecule has 1 amide bonds. The third kappa shape index (κ3) is 2.99. The van der Waals surface area contributed by atoms with Crippen LogP contribution in [0.3, 0.4) is 0 Å². The molecule has 0 spiro atoms. The quantitative estimate of drug-likeness (QED) is 0.837. The van der Waals surface area contributed by atoms with Gasteiger partial charge < -0.3 is 11.1 Å². The van der Waals surface area contributed by atoms with Gasteiger partial charge in [-0.15, -0.1) is 0 Å². The van der Waals surface area contributed by atoms with Gasteiger partial charge in [0.1, 0.15) is 5.69 Å². The summed E-state index contributed by atoms with van der Waals surface area (Å²) in [4.78, 5) is 12.3. The number of aryl methyl sites for hydroxylation is 2. The van der Waals surface area contributed by atoms with Crippen molar-refractivity contribution >= 4 is 11.6 Å². The summed E-state index contributed by atoms with van der Waals surface area (Å²) < 4.78 is 1.61. The molecule has 0 fully saturated rings. The summed E-state index contributed by atoms with van der Waals surface area (Å²) in [5, 5.41) is 7.24. The molecular weight excluding hydrogens is 252 g/mol. The number of benzene rings is 1. The Kier molecular flexibility index (Phi) is 4.08. The molecule has 0 saturated heterocycles. The van der Waals surface area contributed by atoms with Crippen molar-refractivity contribution in [3.8, 4) is 0 Å². The minimum Gasteiger partial charge on any atom is -0.399 e. The van der Waals surface area contributed by atoms with E-state index in [1.165, 1.54) is 0 Å². The molecule has 1 heterocycles. The lowest BCUT2D eigenvalue weighted by Gasteiger charge is -2.14. The number of hydrogen-bond acceptors (Lipinski definition) is 3. The number of carbonyl (C=O) groups excluding carboxylic acids is 1. The van der Waals surface area contributed by atoms with E-state index >= 15 is 0 Å². The van der Waals surface area contributed by atoms with Gasteiger partial charge in [0.05, 0.1) is 11.7 Å². The van der Waals surface area contributed by atoms with Gasteiger partial charge in [-0.25, -0.2) is 0 Å². The monoisotopic (exact) mass is 272 g/mol. The lowest BCUT2D eigenvalue weighted by atomic mass is 10.1. The zero-order valence-electron chi connectivity index (χ0n) is 12.1. The van der Waals surface area contributed by atoms with Gasteiger partial charge in [-0.1, -0.05) is 19.1 Å². The molecule has 1 unspecified atom stereocenters. The van der Waals surface area contributed by atoms with Gasteiger partial charge >= 0.3 is 0 Å². The van der Waals surface area contributed by atoms with Gasteiger partial charge in [-0.3, -0.25) is 9.48 Å². The molecule has 0 aliphatic rings. The number of nitrogen functional groups attached to an aromatic ring is 1. The van der Waals surface area contributed by atoms with Crippen LogP contribution in [0.4, 0.5) is 5.69 Å². The van der Waals surface area contributed by atoms with E-state index in [9.17, 15) is 4.79 Å². The van der Waals surface area contributed by atoms with Crippen molar-refractivity contribution in [2.24, 2.45) is 7.05 Å². The average Bonchev–Trinajstić information content (AvgIpc) is 2.80. The van der Waals surface area contributed by atoms with Crippen LogP contribution >= 0.6 is 0 Å². The third-order valence-corrected chi connectivity index (χ3v) is 3.28. The minimum absolute atomic E-state index is 0.106. The Labute approximate surface area is 118 Å². The molecule has 106 valence electrons. The highest BCUT2D eigenvalue weighted by atomic mass is 16.2. The van der Waals surface area contributed by atoms with E-state index in [2.05, 4.69) is 10.4 Å². The van der Waals surface area contributed by atoms with Gasteiger partial charge in [0.15, 0.2) is 0 Å². The van der Waals surface area contributed by atoms with Crippen LogP contribution in [0.2, 0.25) is 0 Å². The van der Waals surface area contributed by atoms with Crippen LogP contribution in [0.15, 0.2) is 30.3 Å². The first-order valence-electron chi connectivity index (χ1n) is 6.70. The summed E-state index contributed by atoms with van der Waals surface area (Å²) in [6.45, 7) is 3.95. The Morgan fingerprint density at radius 3 is 2.80 bits per heavy atom. The van der Waals surface area contributed by atoms with E-state index in [0.29, 0.717) is 11.4 Å². The van der Waals surface area contributed by atoms with Gasteiger partial charge in [0, 0.05) is 12.7 Å². The van der Waals surface area contributed by atoms with Crippen LogP contribution in [0.1, 0.15) is 41.6 Å². The molecule has 1 aromatic heterocycles. The fourth-order valence-corrected chi connectivity index (χ4v) is 2.09. The molecule has 0 aliphatic carbocycles. The second-order valence-corrected chi connectivity index (χ2v) is 4.86. The maximum atomic E-state index is 12.3. The molecule has 1 aromatic carbocycles. The first-order valence-corrected chi connectivity index (χ1v) is 6.70. The maximum absolute atomic E-state index is 12.3. The molecule has 2 aromatic rings. The van der Waals surface area contributed by atoms with E-state index in [1.807, 2.05) is 44.2 Å². The number of aromatic nitrogens is 2. The van der Waals surface area contributed by atoms with Crippen molar-refractivity contribution in [3.63, 3.8) is 0 Å². The van der Waals surface area contributed by atoms with E-state index < -0.39 is 0 Å². The summed E-state index contributed by atoms with van der Waals surface area (Å²) in [6, 6.07) is 9.24. The first-order chi connectivity index (χ1) is 9.51. The summed E-state index contributed by atoms with van der Waals surface area (Å²) in [6.07, 6.45) is 0.811. The molecule has 20 heavy (non-hydrogen) atoms. The van der Waals surface area contributed by atoms with E-state index in [1.54, 1.807) is 11.7 Å². The zero-order chi connectivity index (χ0) is 14.7. The summed E-state index contributed by atoms with van der Waals surface area (Å²) >= 11 is 0. The second-order valence-electron chi connectivity index (χ2n) is 4.86. The van der Waals surface area contributed by atoms with Gasteiger partial charge in [-0.2, -0.15) is 5.10 Å². The van der Waals surface area contributed by atoms with Gasteiger partial charge in [0.25, 0.3) is 5.91 Å². The number of carbonyl (C=O) groups is 1. The lowest BCUT2D eigenvalue weighted by molar-refractivity contribution is 0.0930. The van der Waals surface area contributed by atoms with Crippen molar-refractivity contribution in [1.82, 2.24) is 15.1 Å². The smallest absolute Gasteiger partial charge is 0.270 e. The fourth-order valence-electron chi connectivity index (χ4n) is 2.09. The predicted molar refractivity (Wildman–Crippen MR) is 79.3 cm³/mol. The van der Waals surface area contributed by atoms with Crippen LogP contribution in [-0.4, -0.2) is 15.7 Å². The van der Waals surface area contributed by atoms with Gasteiger partial charge in [-0.05, 0) is 37.1 Å². The maximum Gasteiger partial charge on any atom is 0.270 e. The van der Waals surface area contributed by atoms with Crippen molar-refractivity contribution < 1.29 is 4.79 Å². The highest BCUT2D eigenvalue weighted by molar-refractivity contribution is 5.92. The average molecular weight is 272 g/mol. The topological polar surface area (TPSA) is 72.9 Å². The minimum atomic E-state index is -0.130. The Morgan fingerprint density at radius 1 is 1.45 bits per heavy atom. The Morgan fingerprint density at radius 2 is 2.20 bits per heavy atom. The molecule has 0 bridgehead atoms. The lowest BCUT2D eigenvalue weighted by Crippen LogP contribution is -2.28. The number of rotatable bonds is 4. The Hall–Kier alpha value is -2.30. The second kappa shape index (κ2) is 5.77. The molecule has 5 nitrogen and oxygen atoms in total. The van der Waals surface area contributed by atoms with E-state index in [0.717, 1.165) is 17.7 Å². The van der Waals surface area contributed by atoms with Crippen LogP contribution in [-0.2, 0) is 13.5 Å². The summed E-state index contributed by atoms with van der Waals surface area (Å²) in [5.74, 6) is -0.130. The number of amides is 1. The molecule has 0 saturated carbocycles. The summed E-state index contributed by atoms with van der Waals surface area (Å²) in [7, 11) is 1.78. The zero-order valence-corrected chi connectivity index (χ0v) is 12.1. The first kappa shape index (κ1) is 14.1. The normalized spacial score (nSPS) is 12.2. The number of nitrogens with zero attached hydrogens (tertiary/aromatic N) is 2. The number of hydrogen-bond donors (Lipinski definition) is 2. The molecule has 0 aliphatic heterocycles. The van der Waals surface area contributed by atoms with Crippen molar-refractivity contribution in [2.75, 3.05) is 5.73 Å². The number of nitrogens with two attached hydrogens (primary N) is 1.